The van der Waals surface area contributed by atoms with E-state index in [1.54, 1.807) is 0 Å². The molecule has 0 saturated heterocycles. The van der Waals surface area contributed by atoms with Gasteiger partial charge in [-0.2, -0.15) is 5.10 Å². The molecule has 2 aromatic heterocycles. The number of hydrogen-bond donors (Lipinski definition) is 2. The number of hydrogen-bond acceptors (Lipinski definition) is 4. The minimum Gasteiger partial charge on any atom is -0.310 e. The molecule has 0 atom stereocenters. The maximum absolute atomic E-state index is 12.7. The smallest absolute Gasteiger partial charge is 0.255 e. The second-order valence-electron chi connectivity index (χ2n) is 7.58. The molecule has 0 bridgehead atoms. The molecular formula is C19H27N5O. The molecule has 2 aromatic rings. The van der Waals surface area contributed by atoms with E-state index in [0.29, 0.717) is 12.5 Å². The maximum Gasteiger partial charge on any atom is 0.255 e. The third kappa shape index (κ3) is 3.27. The maximum atomic E-state index is 12.7. The van der Waals surface area contributed by atoms with Crippen LogP contribution in [0.3, 0.4) is 0 Å². The Kier molecular flexibility index (Phi) is 4.46. The van der Waals surface area contributed by atoms with Crippen LogP contribution in [0.2, 0.25) is 0 Å². The normalized spacial score (nSPS) is 19.1. The minimum atomic E-state index is 0.0657. The molecule has 1 fully saturated rings. The fourth-order valence-electron chi connectivity index (χ4n) is 4.24. The minimum absolute atomic E-state index is 0.0657. The zero-order valence-electron chi connectivity index (χ0n) is 15.2. The van der Waals surface area contributed by atoms with Gasteiger partial charge in [-0.1, -0.05) is 19.3 Å². The first-order chi connectivity index (χ1) is 12.1. The van der Waals surface area contributed by atoms with E-state index in [0.717, 1.165) is 60.8 Å². The Hall–Kier alpha value is -1.95. The summed E-state index contributed by atoms with van der Waals surface area (Å²) in [6.07, 6.45) is 6.99. The van der Waals surface area contributed by atoms with Crippen molar-refractivity contribution < 1.29 is 0 Å². The van der Waals surface area contributed by atoms with Gasteiger partial charge in [-0.25, -0.2) is 4.98 Å². The van der Waals surface area contributed by atoms with Crippen molar-refractivity contribution in [3.63, 3.8) is 0 Å². The van der Waals surface area contributed by atoms with Gasteiger partial charge in [-0.05, 0) is 26.7 Å². The zero-order chi connectivity index (χ0) is 17.4. The number of rotatable bonds is 3. The van der Waals surface area contributed by atoms with Gasteiger partial charge in [0.25, 0.3) is 5.56 Å². The molecule has 3 heterocycles. The zero-order valence-corrected chi connectivity index (χ0v) is 15.2. The molecule has 1 saturated carbocycles. The average Bonchev–Trinajstić information content (AvgIpc) is 2.95. The first-order valence-electron chi connectivity index (χ1n) is 9.46. The predicted octanol–water partition coefficient (Wildman–Crippen LogP) is 2.72. The topological polar surface area (TPSA) is 77.7 Å². The highest BCUT2D eigenvalue weighted by atomic mass is 16.1. The van der Waals surface area contributed by atoms with E-state index in [-0.39, 0.29) is 5.56 Å². The van der Waals surface area contributed by atoms with Crippen molar-refractivity contribution in [3.05, 3.63) is 44.4 Å². The first kappa shape index (κ1) is 16.5. The molecule has 6 nitrogen and oxygen atoms in total. The summed E-state index contributed by atoms with van der Waals surface area (Å²) >= 11 is 0. The van der Waals surface area contributed by atoms with Crippen molar-refractivity contribution in [2.75, 3.05) is 6.54 Å². The van der Waals surface area contributed by atoms with E-state index in [1.807, 2.05) is 6.92 Å². The van der Waals surface area contributed by atoms with Gasteiger partial charge in [0.05, 0.1) is 17.0 Å². The highest BCUT2D eigenvalue weighted by molar-refractivity contribution is 5.25. The van der Waals surface area contributed by atoms with Crippen molar-refractivity contribution >= 4 is 0 Å². The largest absolute Gasteiger partial charge is 0.310 e. The van der Waals surface area contributed by atoms with Crippen LogP contribution in [0.5, 0.6) is 0 Å². The molecule has 0 aromatic carbocycles. The molecule has 2 aliphatic rings. The quantitative estimate of drug-likeness (QED) is 0.900. The van der Waals surface area contributed by atoms with Crippen LogP contribution in [-0.4, -0.2) is 31.6 Å². The number of fused-ring (bicyclic) bond motifs is 1. The molecule has 2 N–H and O–H groups in total. The second kappa shape index (κ2) is 6.75. The van der Waals surface area contributed by atoms with Crippen LogP contribution in [0.1, 0.15) is 72.1 Å². The lowest BCUT2D eigenvalue weighted by molar-refractivity contribution is 0.240. The Morgan fingerprint density at radius 3 is 2.72 bits per heavy atom. The van der Waals surface area contributed by atoms with Gasteiger partial charge in [-0.15, -0.1) is 0 Å². The number of aryl methyl sites for hydroxylation is 2. The lowest BCUT2D eigenvalue weighted by Crippen LogP contribution is -2.36. The SMILES string of the molecule is Cc1n[nH]c(C)c1CN1CCc2nc(C3CCCCC3)[nH]c(=O)c2C1. The highest BCUT2D eigenvalue weighted by Gasteiger charge is 2.25. The van der Waals surface area contributed by atoms with Crippen LogP contribution in [-0.2, 0) is 19.5 Å². The Labute approximate surface area is 148 Å². The number of nitrogens with one attached hydrogen (secondary N) is 2. The monoisotopic (exact) mass is 341 g/mol. The third-order valence-electron chi connectivity index (χ3n) is 5.82. The highest BCUT2D eigenvalue weighted by Crippen LogP contribution is 2.30. The molecule has 25 heavy (non-hydrogen) atoms. The Balaban J connectivity index is 1.54. The van der Waals surface area contributed by atoms with Crippen molar-refractivity contribution in [1.29, 1.82) is 0 Å². The molecular weight excluding hydrogens is 314 g/mol. The van der Waals surface area contributed by atoms with Gasteiger partial charge in [0.1, 0.15) is 5.82 Å². The van der Waals surface area contributed by atoms with E-state index in [9.17, 15) is 4.79 Å². The number of H-pyrrole nitrogens is 2. The van der Waals surface area contributed by atoms with E-state index in [1.165, 1.54) is 24.8 Å². The molecule has 0 amide bonds. The van der Waals surface area contributed by atoms with E-state index >= 15 is 0 Å². The number of aromatic nitrogens is 4. The molecule has 6 heteroatoms. The Morgan fingerprint density at radius 2 is 2.00 bits per heavy atom. The molecule has 4 rings (SSSR count). The standard InChI is InChI=1S/C19H27N5O/c1-12-15(13(2)23-22-12)10-24-9-8-17-16(11-24)19(25)21-18(20-17)14-6-4-3-5-7-14/h14H,3-11H2,1-2H3,(H,22,23)(H,20,21,25). The van der Waals surface area contributed by atoms with Crippen molar-refractivity contribution in [2.45, 2.75) is 71.4 Å². The van der Waals surface area contributed by atoms with Gasteiger partial charge in [-0.3, -0.25) is 14.8 Å². The van der Waals surface area contributed by atoms with Crippen molar-refractivity contribution in [2.24, 2.45) is 0 Å². The van der Waals surface area contributed by atoms with Crippen molar-refractivity contribution in [1.82, 2.24) is 25.1 Å². The van der Waals surface area contributed by atoms with Crippen LogP contribution in [0.15, 0.2) is 4.79 Å². The van der Waals surface area contributed by atoms with Gasteiger partial charge in [0.2, 0.25) is 0 Å². The van der Waals surface area contributed by atoms with Gasteiger partial charge < -0.3 is 4.98 Å². The molecule has 1 aliphatic heterocycles. The second-order valence-corrected chi connectivity index (χ2v) is 7.58. The van der Waals surface area contributed by atoms with Crippen LogP contribution < -0.4 is 5.56 Å². The summed E-state index contributed by atoms with van der Waals surface area (Å²) in [6.45, 7) is 6.53. The van der Waals surface area contributed by atoms with Gasteiger partial charge in [0, 0.05) is 43.2 Å². The Morgan fingerprint density at radius 1 is 1.20 bits per heavy atom. The predicted molar refractivity (Wildman–Crippen MR) is 96.6 cm³/mol. The summed E-state index contributed by atoms with van der Waals surface area (Å²) < 4.78 is 0. The number of nitrogens with zero attached hydrogens (tertiary/aromatic N) is 3. The lowest BCUT2D eigenvalue weighted by atomic mass is 9.88. The summed E-state index contributed by atoms with van der Waals surface area (Å²) in [5, 5.41) is 7.32. The summed E-state index contributed by atoms with van der Waals surface area (Å²) in [5.74, 6) is 1.37. The van der Waals surface area contributed by atoms with Crippen LogP contribution >= 0.6 is 0 Å². The summed E-state index contributed by atoms with van der Waals surface area (Å²) in [7, 11) is 0. The third-order valence-corrected chi connectivity index (χ3v) is 5.82. The molecule has 134 valence electrons. The van der Waals surface area contributed by atoms with Gasteiger partial charge >= 0.3 is 0 Å². The lowest BCUT2D eigenvalue weighted by Gasteiger charge is -2.29. The fraction of sp³-hybridized carbons (Fsp3) is 0.632. The molecule has 0 radical (unpaired) electrons. The van der Waals surface area contributed by atoms with Crippen LogP contribution in [0.25, 0.3) is 0 Å². The average molecular weight is 341 g/mol. The molecule has 0 spiro atoms. The first-order valence-corrected chi connectivity index (χ1v) is 9.46. The summed E-state index contributed by atoms with van der Waals surface area (Å²) in [4.78, 5) is 23.0. The van der Waals surface area contributed by atoms with Crippen LogP contribution in [0.4, 0.5) is 0 Å². The van der Waals surface area contributed by atoms with E-state index in [4.69, 9.17) is 4.98 Å². The van der Waals surface area contributed by atoms with E-state index < -0.39 is 0 Å². The fourth-order valence-corrected chi connectivity index (χ4v) is 4.24. The Bertz CT molecular complexity index is 796. The van der Waals surface area contributed by atoms with Gasteiger partial charge in [0.15, 0.2) is 0 Å². The summed E-state index contributed by atoms with van der Waals surface area (Å²) in [5.41, 5.74) is 5.33. The summed E-state index contributed by atoms with van der Waals surface area (Å²) in [6, 6.07) is 0. The molecule has 1 aliphatic carbocycles. The van der Waals surface area contributed by atoms with Crippen LogP contribution in [0, 0.1) is 13.8 Å². The number of aromatic amines is 2. The van der Waals surface area contributed by atoms with E-state index in [2.05, 4.69) is 27.0 Å². The molecule has 0 unspecified atom stereocenters. The van der Waals surface area contributed by atoms with Crippen molar-refractivity contribution in [3.8, 4) is 0 Å².